The van der Waals surface area contributed by atoms with Gasteiger partial charge in [0, 0.05) is 5.56 Å². The number of hydrogen-bond acceptors (Lipinski definition) is 4. The van der Waals surface area contributed by atoms with Crippen molar-refractivity contribution in [2.45, 2.75) is 19.4 Å². The number of nitrogens with zero attached hydrogens (tertiary/aromatic N) is 1. The summed E-state index contributed by atoms with van der Waals surface area (Å²) in [5.41, 5.74) is -0.946. The number of rotatable bonds is 1. The van der Waals surface area contributed by atoms with E-state index in [-0.39, 0.29) is 22.9 Å². The van der Waals surface area contributed by atoms with Crippen LogP contribution in [-0.4, -0.2) is 39.8 Å². The second kappa shape index (κ2) is 4.79. The molecule has 2 N–H and O–H groups in total. The Morgan fingerprint density at radius 3 is 2.65 bits per heavy atom. The molecule has 1 aliphatic heterocycles. The largest absolute Gasteiger partial charge is 0.506 e. The summed E-state index contributed by atoms with van der Waals surface area (Å²) >= 11 is 5.76. The van der Waals surface area contributed by atoms with Crippen LogP contribution >= 0.6 is 11.6 Å². The molecule has 1 heterocycles. The number of nitrogens with one attached hydrogen (secondary N) is 1. The third-order valence-electron chi connectivity index (χ3n) is 3.22. The van der Waals surface area contributed by atoms with Gasteiger partial charge >= 0.3 is 0 Å². The van der Waals surface area contributed by atoms with Gasteiger partial charge in [-0.1, -0.05) is 11.6 Å². The fraction of sp³-hybridized carbons (Fsp3) is 0.308. The molecule has 0 aliphatic carbocycles. The quantitative estimate of drug-likeness (QED) is 0.755. The second-order valence-electron chi connectivity index (χ2n) is 4.99. The third kappa shape index (κ3) is 2.34. The molecule has 0 aromatic heterocycles. The topological polar surface area (TPSA) is 86.7 Å². The highest BCUT2D eigenvalue weighted by Crippen LogP contribution is 2.26. The van der Waals surface area contributed by atoms with Gasteiger partial charge < -0.3 is 10.0 Å². The van der Waals surface area contributed by atoms with Gasteiger partial charge in [0.15, 0.2) is 0 Å². The van der Waals surface area contributed by atoms with Gasteiger partial charge in [-0.2, -0.15) is 0 Å². The van der Waals surface area contributed by atoms with E-state index in [2.05, 4.69) is 5.32 Å². The Balaban J connectivity index is 2.38. The van der Waals surface area contributed by atoms with Crippen molar-refractivity contribution < 1.29 is 19.5 Å². The third-order valence-corrected chi connectivity index (χ3v) is 3.53. The molecule has 1 aromatic carbocycles. The molecular weight excluding hydrogens is 284 g/mol. The van der Waals surface area contributed by atoms with E-state index in [0.717, 1.165) is 0 Å². The molecule has 1 aromatic rings. The molecule has 0 unspecified atom stereocenters. The lowest BCUT2D eigenvalue weighted by atomic mass is 9.97. The summed E-state index contributed by atoms with van der Waals surface area (Å²) in [5, 5.41) is 11.6. The van der Waals surface area contributed by atoms with Gasteiger partial charge in [0.05, 0.1) is 5.02 Å². The first-order chi connectivity index (χ1) is 9.23. The summed E-state index contributed by atoms with van der Waals surface area (Å²) < 4.78 is 0. The second-order valence-corrected chi connectivity index (χ2v) is 5.40. The fourth-order valence-corrected chi connectivity index (χ4v) is 2.08. The molecule has 0 bridgehead atoms. The zero-order valence-electron chi connectivity index (χ0n) is 10.9. The molecule has 1 aliphatic rings. The number of carbonyl (C=O) groups excluding carboxylic acids is 3. The van der Waals surface area contributed by atoms with Crippen molar-refractivity contribution in [2.24, 2.45) is 0 Å². The molecular formula is C13H13ClN2O4. The van der Waals surface area contributed by atoms with Gasteiger partial charge in [0.2, 0.25) is 5.91 Å². The van der Waals surface area contributed by atoms with Gasteiger partial charge in [0.1, 0.15) is 17.8 Å². The zero-order chi connectivity index (χ0) is 15.1. The molecule has 106 valence electrons. The number of amides is 3. The van der Waals surface area contributed by atoms with E-state index in [0.29, 0.717) is 0 Å². The molecule has 3 amide bonds. The van der Waals surface area contributed by atoms with Crippen LogP contribution in [0, 0.1) is 0 Å². The number of hydrogen-bond donors (Lipinski definition) is 2. The van der Waals surface area contributed by atoms with E-state index >= 15 is 0 Å². The number of halogens is 1. The number of imide groups is 1. The minimum absolute atomic E-state index is 0.0291. The van der Waals surface area contributed by atoms with Gasteiger partial charge in [-0.3, -0.25) is 19.7 Å². The van der Waals surface area contributed by atoms with E-state index < -0.39 is 23.3 Å². The van der Waals surface area contributed by atoms with Gasteiger partial charge in [-0.05, 0) is 32.0 Å². The molecule has 2 rings (SSSR count). The SMILES string of the molecule is CC1(C)C(=O)NC(=O)CN1C(=O)c1ccc(O)c(Cl)c1. The van der Waals surface area contributed by atoms with Crippen LogP contribution in [0.5, 0.6) is 5.75 Å². The van der Waals surface area contributed by atoms with Crippen LogP contribution in [0.3, 0.4) is 0 Å². The number of phenols is 1. The summed E-state index contributed by atoms with van der Waals surface area (Å²) in [5.74, 6) is -1.71. The van der Waals surface area contributed by atoms with Crippen molar-refractivity contribution in [3.05, 3.63) is 28.8 Å². The summed E-state index contributed by atoms with van der Waals surface area (Å²) in [6.45, 7) is 2.89. The standard InChI is InChI=1S/C13H13ClN2O4/c1-13(2)12(20)15-10(18)6-16(13)11(19)7-3-4-9(17)8(14)5-7/h3-5,17H,6H2,1-2H3,(H,15,18,20). The number of carbonyl (C=O) groups is 3. The van der Waals surface area contributed by atoms with Crippen molar-refractivity contribution >= 4 is 29.3 Å². The number of phenolic OH excluding ortho intramolecular Hbond substituents is 1. The van der Waals surface area contributed by atoms with E-state index in [1.165, 1.54) is 23.1 Å². The van der Waals surface area contributed by atoms with Gasteiger partial charge in [-0.25, -0.2) is 0 Å². The Kier molecular flexibility index (Phi) is 3.43. The van der Waals surface area contributed by atoms with Crippen molar-refractivity contribution in [1.82, 2.24) is 10.2 Å². The number of aromatic hydroxyl groups is 1. The molecule has 0 spiro atoms. The Morgan fingerprint density at radius 2 is 2.05 bits per heavy atom. The highest BCUT2D eigenvalue weighted by atomic mass is 35.5. The number of piperazine rings is 1. The smallest absolute Gasteiger partial charge is 0.255 e. The van der Waals surface area contributed by atoms with E-state index in [1.807, 2.05) is 0 Å². The average molecular weight is 297 g/mol. The minimum Gasteiger partial charge on any atom is -0.506 e. The Hall–Kier alpha value is -2.08. The van der Waals surface area contributed by atoms with Crippen molar-refractivity contribution in [3.8, 4) is 5.75 Å². The van der Waals surface area contributed by atoms with Crippen LogP contribution in [-0.2, 0) is 9.59 Å². The molecule has 20 heavy (non-hydrogen) atoms. The zero-order valence-corrected chi connectivity index (χ0v) is 11.7. The van der Waals surface area contributed by atoms with Crippen LogP contribution in [0.1, 0.15) is 24.2 Å². The van der Waals surface area contributed by atoms with Crippen LogP contribution in [0.25, 0.3) is 0 Å². The van der Waals surface area contributed by atoms with Crippen molar-refractivity contribution in [1.29, 1.82) is 0 Å². The summed E-state index contributed by atoms with van der Waals surface area (Å²) in [6.07, 6.45) is 0. The van der Waals surface area contributed by atoms with Crippen molar-refractivity contribution in [2.75, 3.05) is 6.54 Å². The fourth-order valence-electron chi connectivity index (χ4n) is 1.90. The molecule has 7 heteroatoms. The van der Waals surface area contributed by atoms with E-state index in [9.17, 15) is 19.5 Å². The monoisotopic (exact) mass is 296 g/mol. The van der Waals surface area contributed by atoms with Crippen LogP contribution < -0.4 is 5.32 Å². The first-order valence-corrected chi connectivity index (χ1v) is 6.26. The van der Waals surface area contributed by atoms with Crippen molar-refractivity contribution in [3.63, 3.8) is 0 Å². The highest BCUT2D eigenvalue weighted by molar-refractivity contribution is 6.32. The van der Waals surface area contributed by atoms with Crippen LogP contribution in [0.4, 0.5) is 0 Å². The number of benzene rings is 1. The lowest BCUT2D eigenvalue weighted by molar-refractivity contribution is -0.143. The molecule has 0 saturated carbocycles. The Morgan fingerprint density at radius 1 is 1.40 bits per heavy atom. The van der Waals surface area contributed by atoms with Crippen LogP contribution in [0.15, 0.2) is 18.2 Å². The maximum Gasteiger partial charge on any atom is 0.255 e. The Labute approximate surface area is 120 Å². The van der Waals surface area contributed by atoms with E-state index in [4.69, 9.17) is 11.6 Å². The lowest BCUT2D eigenvalue weighted by Crippen LogP contribution is -2.65. The molecule has 6 nitrogen and oxygen atoms in total. The van der Waals surface area contributed by atoms with E-state index in [1.54, 1.807) is 13.8 Å². The maximum atomic E-state index is 12.4. The maximum absolute atomic E-state index is 12.4. The molecule has 0 atom stereocenters. The predicted octanol–water partition coefficient (Wildman–Crippen LogP) is 0.923. The predicted molar refractivity (Wildman–Crippen MR) is 71.4 cm³/mol. The van der Waals surface area contributed by atoms with Gasteiger partial charge in [-0.15, -0.1) is 0 Å². The molecule has 1 fully saturated rings. The average Bonchev–Trinajstić information content (AvgIpc) is 2.36. The normalized spacial score (nSPS) is 17.9. The first-order valence-electron chi connectivity index (χ1n) is 5.88. The summed E-state index contributed by atoms with van der Waals surface area (Å²) in [4.78, 5) is 36.8. The highest BCUT2D eigenvalue weighted by Gasteiger charge is 2.43. The lowest BCUT2D eigenvalue weighted by Gasteiger charge is -2.40. The first kappa shape index (κ1) is 14.3. The minimum atomic E-state index is -1.14. The van der Waals surface area contributed by atoms with Gasteiger partial charge in [0.25, 0.3) is 11.8 Å². The molecule has 0 radical (unpaired) electrons. The summed E-state index contributed by atoms with van der Waals surface area (Å²) in [6, 6.07) is 3.97. The summed E-state index contributed by atoms with van der Waals surface area (Å²) in [7, 11) is 0. The Bertz CT molecular complexity index is 612. The molecule has 1 saturated heterocycles. The van der Waals surface area contributed by atoms with Crippen LogP contribution in [0.2, 0.25) is 5.02 Å².